The van der Waals surface area contributed by atoms with E-state index in [0.717, 1.165) is 27.8 Å². The second-order valence-corrected chi connectivity index (χ2v) is 10.2. The maximum absolute atomic E-state index is 12.3. The zero-order chi connectivity index (χ0) is 16.3. The Kier molecular flexibility index (Phi) is 3.39. The summed E-state index contributed by atoms with van der Waals surface area (Å²) in [6.07, 6.45) is 8.31. The minimum atomic E-state index is -0.0317. The van der Waals surface area contributed by atoms with Gasteiger partial charge in [-0.15, -0.1) is 22.7 Å². The topological polar surface area (TPSA) is 42.0 Å². The Bertz CT molecular complexity index is 742. The summed E-state index contributed by atoms with van der Waals surface area (Å²) in [5.41, 5.74) is 1.61. The fourth-order valence-electron chi connectivity index (χ4n) is 5.91. The third-order valence-corrected chi connectivity index (χ3v) is 8.06. The molecule has 0 atom stereocenters. The highest BCUT2D eigenvalue weighted by molar-refractivity contribution is 7.16. The van der Waals surface area contributed by atoms with Crippen LogP contribution >= 0.6 is 22.7 Å². The van der Waals surface area contributed by atoms with Crippen molar-refractivity contribution in [1.82, 2.24) is 4.98 Å². The molecule has 0 radical (unpaired) electrons. The van der Waals surface area contributed by atoms with Gasteiger partial charge in [0.15, 0.2) is 5.13 Å². The highest BCUT2D eigenvalue weighted by atomic mass is 32.1. The van der Waals surface area contributed by atoms with Crippen LogP contribution in [0.4, 0.5) is 5.13 Å². The number of aryl methyl sites for hydroxylation is 1. The van der Waals surface area contributed by atoms with Gasteiger partial charge in [-0.3, -0.25) is 10.1 Å². The summed E-state index contributed by atoms with van der Waals surface area (Å²) in [5, 5.41) is 5.72. The van der Waals surface area contributed by atoms with Crippen LogP contribution in [0.3, 0.4) is 0 Å². The van der Waals surface area contributed by atoms with E-state index in [9.17, 15) is 4.79 Å². The second-order valence-electron chi connectivity index (χ2n) is 8.05. The Labute approximate surface area is 150 Å². The molecule has 4 saturated carbocycles. The zero-order valence-electron chi connectivity index (χ0n) is 13.9. The summed E-state index contributed by atoms with van der Waals surface area (Å²) in [6.45, 7) is 2.19. The number of anilines is 1. The average molecular weight is 359 g/mol. The Morgan fingerprint density at radius 1 is 1.21 bits per heavy atom. The van der Waals surface area contributed by atoms with E-state index in [2.05, 4.69) is 12.2 Å². The van der Waals surface area contributed by atoms with Crippen LogP contribution in [0, 0.1) is 24.7 Å². The molecule has 2 aromatic heterocycles. The molecule has 6 rings (SSSR count). The molecular weight excluding hydrogens is 336 g/mol. The number of carbonyl (C=O) groups excluding carboxylic acids is 1. The number of nitrogens with one attached hydrogen (secondary N) is 1. The lowest BCUT2D eigenvalue weighted by Crippen LogP contribution is -2.49. The minimum absolute atomic E-state index is 0.0317. The average Bonchev–Trinajstić information content (AvgIpc) is 3.15. The number of aromatic nitrogens is 1. The maximum atomic E-state index is 12.3. The third kappa shape index (κ3) is 2.36. The number of thiazole rings is 1. The van der Waals surface area contributed by atoms with Crippen molar-refractivity contribution in [3.05, 3.63) is 33.0 Å². The van der Waals surface area contributed by atoms with E-state index in [1.807, 2.05) is 17.5 Å². The normalized spacial score (nSPS) is 33.8. The molecule has 4 aliphatic rings. The summed E-state index contributed by atoms with van der Waals surface area (Å²) in [4.78, 5) is 19.3. The molecular formula is C19H22N2OS2. The monoisotopic (exact) mass is 358 g/mol. The lowest BCUT2D eigenvalue weighted by atomic mass is 9.48. The minimum Gasteiger partial charge on any atom is -0.297 e. The second kappa shape index (κ2) is 5.40. The molecule has 0 aromatic carbocycles. The fraction of sp³-hybridized carbons (Fsp3) is 0.579. The van der Waals surface area contributed by atoms with Crippen LogP contribution in [0.1, 0.15) is 58.8 Å². The van der Waals surface area contributed by atoms with Gasteiger partial charge in [0.05, 0.1) is 10.6 Å². The van der Waals surface area contributed by atoms with E-state index < -0.39 is 0 Å². The van der Waals surface area contributed by atoms with E-state index in [-0.39, 0.29) is 5.91 Å². The van der Waals surface area contributed by atoms with Gasteiger partial charge in [-0.25, -0.2) is 4.98 Å². The predicted octanol–water partition coefficient (Wildman–Crippen LogP) is 5.23. The Hall–Kier alpha value is -1.20. The Balaban J connectivity index is 1.43. The van der Waals surface area contributed by atoms with Gasteiger partial charge in [0.25, 0.3) is 5.91 Å². The molecule has 3 nitrogen and oxygen atoms in total. The first-order valence-electron chi connectivity index (χ1n) is 8.94. The van der Waals surface area contributed by atoms with Gasteiger partial charge < -0.3 is 0 Å². The SMILES string of the molecule is Cc1sc(NC(=O)c2cccs2)nc1C12CC3CC(CC(C3)C1)C2. The number of amides is 1. The number of carbonyl (C=O) groups is 1. The predicted molar refractivity (Wildman–Crippen MR) is 99.0 cm³/mol. The number of thiophene rings is 1. The molecule has 4 fully saturated rings. The molecule has 0 saturated heterocycles. The Morgan fingerprint density at radius 3 is 2.46 bits per heavy atom. The standard InChI is InChI=1S/C19H22N2OS2/c1-11-16(19-8-12-5-13(9-19)7-14(6-12)10-19)20-18(24-11)21-17(22)15-3-2-4-23-15/h2-4,12-14H,5-10H2,1H3,(H,20,21,22). The first-order valence-corrected chi connectivity index (χ1v) is 10.6. The first kappa shape index (κ1) is 15.1. The molecule has 126 valence electrons. The van der Waals surface area contributed by atoms with Gasteiger partial charge in [-0.05, 0) is 74.6 Å². The number of nitrogens with zero attached hydrogens (tertiary/aromatic N) is 1. The molecule has 0 unspecified atom stereocenters. The van der Waals surface area contributed by atoms with Gasteiger partial charge in [0.2, 0.25) is 0 Å². The van der Waals surface area contributed by atoms with Crippen LogP contribution in [0.2, 0.25) is 0 Å². The van der Waals surface area contributed by atoms with Gasteiger partial charge in [0, 0.05) is 10.3 Å². The molecule has 4 aliphatic carbocycles. The summed E-state index contributed by atoms with van der Waals surface area (Å²) >= 11 is 3.12. The lowest BCUT2D eigenvalue weighted by molar-refractivity contribution is -0.00715. The third-order valence-electron chi connectivity index (χ3n) is 6.30. The van der Waals surface area contributed by atoms with Crippen molar-refractivity contribution in [2.45, 2.75) is 50.9 Å². The van der Waals surface area contributed by atoms with Crippen molar-refractivity contribution in [2.24, 2.45) is 17.8 Å². The summed E-state index contributed by atoms with van der Waals surface area (Å²) in [6, 6.07) is 3.77. The molecule has 24 heavy (non-hydrogen) atoms. The number of hydrogen-bond donors (Lipinski definition) is 1. The molecule has 0 aliphatic heterocycles. The van der Waals surface area contributed by atoms with Crippen molar-refractivity contribution in [3.63, 3.8) is 0 Å². The van der Waals surface area contributed by atoms with Gasteiger partial charge >= 0.3 is 0 Å². The van der Waals surface area contributed by atoms with Crippen molar-refractivity contribution in [2.75, 3.05) is 5.32 Å². The van der Waals surface area contributed by atoms with E-state index >= 15 is 0 Å². The quantitative estimate of drug-likeness (QED) is 0.816. The molecule has 2 heterocycles. The number of hydrogen-bond acceptors (Lipinski definition) is 4. The Morgan fingerprint density at radius 2 is 1.88 bits per heavy atom. The van der Waals surface area contributed by atoms with Crippen molar-refractivity contribution in [1.29, 1.82) is 0 Å². The van der Waals surface area contributed by atoms with Crippen LogP contribution in [-0.4, -0.2) is 10.9 Å². The summed E-state index contributed by atoms with van der Waals surface area (Å²) in [5.74, 6) is 2.72. The van der Waals surface area contributed by atoms with Crippen LogP contribution < -0.4 is 5.32 Å². The van der Waals surface area contributed by atoms with Gasteiger partial charge in [-0.1, -0.05) is 6.07 Å². The maximum Gasteiger partial charge on any atom is 0.267 e. The van der Waals surface area contributed by atoms with E-state index in [1.165, 1.54) is 60.4 Å². The van der Waals surface area contributed by atoms with E-state index in [1.54, 1.807) is 11.3 Å². The van der Waals surface area contributed by atoms with Crippen molar-refractivity contribution < 1.29 is 4.79 Å². The highest BCUT2D eigenvalue weighted by Crippen LogP contribution is 2.61. The smallest absolute Gasteiger partial charge is 0.267 e. The molecule has 4 bridgehead atoms. The van der Waals surface area contributed by atoms with Crippen LogP contribution in [0.25, 0.3) is 0 Å². The molecule has 1 N–H and O–H groups in total. The fourth-order valence-corrected chi connectivity index (χ4v) is 7.46. The van der Waals surface area contributed by atoms with Crippen molar-refractivity contribution >= 4 is 33.7 Å². The summed E-state index contributed by atoms with van der Waals surface area (Å²) < 4.78 is 0. The number of rotatable bonds is 3. The lowest BCUT2D eigenvalue weighted by Gasteiger charge is -2.56. The molecule has 0 spiro atoms. The molecule has 2 aromatic rings. The first-order chi connectivity index (χ1) is 11.6. The summed E-state index contributed by atoms with van der Waals surface area (Å²) in [7, 11) is 0. The van der Waals surface area contributed by atoms with E-state index in [4.69, 9.17) is 4.98 Å². The van der Waals surface area contributed by atoms with Crippen LogP contribution in [0.5, 0.6) is 0 Å². The van der Waals surface area contributed by atoms with Gasteiger partial charge in [0.1, 0.15) is 0 Å². The largest absolute Gasteiger partial charge is 0.297 e. The zero-order valence-corrected chi connectivity index (χ0v) is 15.5. The van der Waals surface area contributed by atoms with Crippen LogP contribution in [0.15, 0.2) is 17.5 Å². The highest BCUT2D eigenvalue weighted by Gasteiger charge is 2.53. The van der Waals surface area contributed by atoms with Crippen LogP contribution in [-0.2, 0) is 5.41 Å². The molecule has 1 amide bonds. The van der Waals surface area contributed by atoms with Gasteiger partial charge in [-0.2, -0.15) is 0 Å². The molecule has 5 heteroatoms. The van der Waals surface area contributed by atoms with E-state index in [0.29, 0.717) is 5.41 Å². The van der Waals surface area contributed by atoms with Crippen molar-refractivity contribution in [3.8, 4) is 0 Å².